The molecule has 3 heterocycles. The van der Waals surface area contributed by atoms with Crippen LogP contribution >= 0.6 is 22.7 Å². The molecule has 0 N–H and O–H groups in total. The molecule has 0 atom stereocenters. The Balaban J connectivity index is 1.21. The van der Waals surface area contributed by atoms with Crippen LogP contribution in [0.3, 0.4) is 0 Å². The summed E-state index contributed by atoms with van der Waals surface area (Å²) in [6.45, 7) is 9.67. The van der Waals surface area contributed by atoms with Crippen molar-refractivity contribution in [3.05, 3.63) is 253 Å². The second-order valence-corrected chi connectivity index (χ2v) is 20.3. The van der Waals surface area contributed by atoms with Crippen molar-refractivity contribution in [2.24, 2.45) is 0 Å². The minimum Gasteiger partial charge on any atom is -0.456 e. The summed E-state index contributed by atoms with van der Waals surface area (Å²) in [5.74, 6) is 0. The topological polar surface area (TPSA) is 16.4 Å². The lowest BCUT2D eigenvalue weighted by molar-refractivity contribution is 0.522. The van der Waals surface area contributed by atoms with Crippen molar-refractivity contribution < 1.29 is 4.42 Å². The van der Waals surface area contributed by atoms with E-state index in [1.807, 2.05) is 28.7 Å². The zero-order valence-electron chi connectivity index (χ0n) is 35.1. The van der Waals surface area contributed by atoms with Crippen LogP contribution in [0.15, 0.2) is 192 Å². The molecule has 10 aromatic rings. The molecule has 2 nitrogen and oxygen atoms in total. The number of anilines is 3. The summed E-state index contributed by atoms with van der Waals surface area (Å²) in [4.78, 5) is 5.29. The van der Waals surface area contributed by atoms with E-state index in [9.17, 15) is 0 Å². The van der Waals surface area contributed by atoms with Crippen molar-refractivity contribution in [2.45, 2.75) is 49.4 Å². The van der Waals surface area contributed by atoms with E-state index in [1.54, 1.807) is 0 Å². The Morgan fingerprint density at radius 1 is 0.387 bits per heavy atom. The maximum absolute atomic E-state index is 6.39. The number of hydrogen-bond acceptors (Lipinski definition) is 4. The van der Waals surface area contributed by atoms with E-state index in [0.717, 1.165) is 33.3 Å². The van der Waals surface area contributed by atoms with Gasteiger partial charge in [0.25, 0.3) is 0 Å². The van der Waals surface area contributed by atoms with Crippen molar-refractivity contribution in [1.82, 2.24) is 0 Å². The highest BCUT2D eigenvalue weighted by molar-refractivity contribution is 7.17. The molecule has 0 bridgehead atoms. The summed E-state index contributed by atoms with van der Waals surface area (Å²) in [6, 6.07) is 68.5. The molecule has 2 spiro atoms. The SMILES string of the molecule is CC1(C)c2ccccc2C2(c3ccccc31)c1cc(N(c3ccccc3)c3ccc4oc5ccccc5c4c3)sc1C1(c3ccccc3C(C)(C)c3ccccc31)c1ccsc12. The predicted octanol–water partition coefficient (Wildman–Crippen LogP) is 15.5. The number of hydrogen-bond donors (Lipinski definition) is 0. The first-order valence-electron chi connectivity index (χ1n) is 21.7. The maximum Gasteiger partial charge on any atom is 0.135 e. The van der Waals surface area contributed by atoms with Crippen LogP contribution in [0.5, 0.6) is 0 Å². The molecule has 298 valence electrons. The molecule has 4 heteroatoms. The quantitative estimate of drug-likeness (QED) is 0.176. The lowest BCUT2D eigenvalue weighted by Gasteiger charge is -2.55. The molecule has 0 aliphatic heterocycles. The molecule has 0 amide bonds. The predicted molar refractivity (Wildman–Crippen MR) is 259 cm³/mol. The van der Waals surface area contributed by atoms with Crippen LogP contribution < -0.4 is 4.90 Å². The van der Waals surface area contributed by atoms with Gasteiger partial charge in [-0.25, -0.2) is 0 Å². The highest BCUT2D eigenvalue weighted by Gasteiger charge is 2.62. The summed E-state index contributed by atoms with van der Waals surface area (Å²) < 4.78 is 6.39. The van der Waals surface area contributed by atoms with Crippen LogP contribution in [-0.2, 0) is 21.7 Å². The van der Waals surface area contributed by atoms with Gasteiger partial charge in [0.1, 0.15) is 16.2 Å². The van der Waals surface area contributed by atoms with Crippen LogP contribution in [0.1, 0.15) is 93.1 Å². The summed E-state index contributed by atoms with van der Waals surface area (Å²) in [5, 5.41) is 5.80. The van der Waals surface area contributed by atoms with Crippen LogP contribution in [0.2, 0.25) is 0 Å². The van der Waals surface area contributed by atoms with Crippen molar-refractivity contribution in [2.75, 3.05) is 4.90 Å². The zero-order chi connectivity index (χ0) is 41.6. The van der Waals surface area contributed by atoms with E-state index >= 15 is 0 Å². The number of fused-ring (bicyclic) bond motifs is 17. The van der Waals surface area contributed by atoms with Gasteiger partial charge in [0.15, 0.2) is 0 Å². The Kier molecular flexibility index (Phi) is 7.34. The fourth-order valence-electron chi connectivity index (χ4n) is 12.1. The average molecular weight is 834 g/mol. The summed E-state index contributed by atoms with van der Waals surface area (Å²) in [5.41, 5.74) is 16.3. The second kappa shape index (κ2) is 12.6. The third-order valence-electron chi connectivity index (χ3n) is 14.7. The molecular formula is C58H43NOS2. The fourth-order valence-corrected chi connectivity index (χ4v) is 14.8. The van der Waals surface area contributed by atoms with E-state index in [2.05, 4.69) is 214 Å². The monoisotopic (exact) mass is 833 g/mol. The summed E-state index contributed by atoms with van der Waals surface area (Å²) in [7, 11) is 0. The van der Waals surface area contributed by atoms with Crippen molar-refractivity contribution >= 4 is 61.0 Å². The Morgan fingerprint density at radius 2 is 0.871 bits per heavy atom. The fraction of sp³-hybridized carbons (Fsp3) is 0.138. The molecule has 62 heavy (non-hydrogen) atoms. The third kappa shape index (κ3) is 4.39. The van der Waals surface area contributed by atoms with E-state index in [0.29, 0.717) is 0 Å². The van der Waals surface area contributed by atoms with Gasteiger partial charge in [-0.05, 0) is 110 Å². The minimum atomic E-state index is -0.564. The number of rotatable bonds is 3. The van der Waals surface area contributed by atoms with Gasteiger partial charge in [-0.3, -0.25) is 0 Å². The largest absolute Gasteiger partial charge is 0.456 e. The molecule has 3 aliphatic rings. The first-order valence-corrected chi connectivity index (χ1v) is 23.4. The highest BCUT2D eigenvalue weighted by atomic mass is 32.1. The molecule has 3 aromatic heterocycles. The molecule has 0 radical (unpaired) electrons. The van der Waals surface area contributed by atoms with Gasteiger partial charge in [0.05, 0.1) is 10.8 Å². The van der Waals surface area contributed by atoms with Crippen LogP contribution in [0, 0.1) is 0 Å². The summed E-state index contributed by atoms with van der Waals surface area (Å²) >= 11 is 3.90. The highest BCUT2D eigenvalue weighted by Crippen LogP contribution is 2.69. The van der Waals surface area contributed by atoms with E-state index in [4.69, 9.17) is 4.42 Å². The normalized spacial score (nSPS) is 16.6. The molecule has 0 saturated heterocycles. The lowest BCUT2D eigenvalue weighted by atomic mass is 9.48. The Labute approximate surface area is 370 Å². The van der Waals surface area contributed by atoms with Crippen LogP contribution in [0.4, 0.5) is 16.4 Å². The van der Waals surface area contributed by atoms with E-state index < -0.39 is 10.8 Å². The molecular weight excluding hydrogens is 791 g/mol. The molecule has 0 unspecified atom stereocenters. The number of para-hydroxylation sites is 2. The van der Waals surface area contributed by atoms with Gasteiger partial charge in [-0.1, -0.05) is 161 Å². The lowest BCUT2D eigenvalue weighted by Crippen LogP contribution is -2.50. The molecule has 0 fully saturated rings. The van der Waals surface area contributed by atoms with Crippen molar-refractivity contribution in [3.8, 4) is 0 Å². The Morgan fingerprint density at radius 3 is 1.45 bits per heavy atom. The number of furan rings is 1. The van der Waals surface area contributed by atoms with Gasteiger partial charge in [0.2, 0.25) is 0 Å². The molecule has 3 aliphatic carbocycles. The van der Waals surface area contributed by atoms with Gasteiger partial charge in [-0.2, -0.15) is 0 Å². The van der Waals surface area contributed by atoms with Gasteiger partial charge in [0, 0.05) is 42.7 Å². The Hall–Kier alpha value is -6.46. The zero-order valence-corrected chi connectivity index (χ0v) is 36.7. The molecule has 7 aromatic carbocycles. The smallest absolute Gasteiger partial charge is 0.135 e. The molecule has 0 saturated carbocycles. The number of thiophene rings is 2. The first-order chi connectivity index (χ1) is 30.3. The minimum absolute atomic E-state index is 0.197. The van der Waals surface area contributed by atoms with Gasteiger partial charge in [-0.15, -0.1) is 22.7 Å². The van der Waals surface area contributed by atoms with Crippen LogP contribution in [-0.4, -0.2) is 0 Å². The second-order valence-electron chi connectivity index (χ2n) is 18.4. The van der Waals surface area contributed by atoms with Gasteiger partial charge < -0.3 is 9.32 Å². The van der Waals surface area contributed by atoms with Crippen LogP contribution in [0.25, 0.3) is 21.9 Å². The first kappa shape index (κ1) is 36.2. The van der Waals surface area contributed by atoms with E-state index in [-0.39, 0.29) is 10.8 Å². The van der Waals surface area contributed by atoms with Crippen molar-refractivity contribution in [3.63, 3.8) is 0 Å². The summed E-state index contributed by atoms with van der Waals surface area (Å²) in [6.07, 6.45) is 0. The number of nitrogens with zero attached hydrogens (tertiary/aromatic N) is 1. The standard InChI is InChI=1S/C58H43NOS2/c1-55(2)40-21-9-13-25-44(40)57(45-26-14-10-22-41(45)55)48-32-33-61-53(48)58(46-27-15-11-23-42(46)56(3,4)43-24-12-16-28-47(43)58)49-35-52(62-54(49)57)59(36-18-6-5-7-19-36)37-30-31-51-39(34-37)38-20-8-17-29-50(38)60-51/h5-35H,1-4H3. The molecule has 13 rings (SSSR count). The van der Waals surface area contributed by atoms with E-state index in [1.165, 1.54) is 70.4 Å². The van der Waals surface area contributed by atoms with Crippen molar-refractivity contribution in [1.29, 1.82) is 0 Å². The maximum atomic E-state index is 6.39. The van der Waals surface area contributed by atoms with Gasteiger partial charge >= 0.3 is 0 Å². The third-order valence-corrected chi connectivity index (χ3v) is 17.0. The Bertz CT molecular complexity index is 3200. The average Bonchev–Trinajstić information content (AvgIpc) is 4.07. The number of benzene rings is 7.